The standard InChI is InChI=1S/C16H14F3NO/c17-16(18,19)15(21)20-14(13-9-5-2-6-10-13)11-12-7-3-1-4-8-12/h1-10,14H,11H2,(H,20,21). The van der Waals surface area contributed by atoms with Crippen LogP contribution >= 0.6 is 0 Å². The van der Waals surface area contributed by atoms with Crippen molar-refractivity contribution >= 4 is 5.91 Å². The summed E-state index contributed by atoms with van der Waals surface area (Å²) >= 11 is 0. The second-order valence-corrected chi connectivity index (χ2v) is 4.62. The van der Waals surface area contributed by atoms with Gasteiger partial charge in [-0.1, -0.05) is 60.7 Å². The highest BCUT2D eigenvalue weighted by Crippen LogP contribution is 2.22. The van der Waals surface area contributed by atoms with E-state index in [1.807, 2.05) is 30.3 Å². The first-order valence-electron chi connectivity index (χ1n) is 6.43. The lowest BCUT2D eigenvalue weighted by molar-refractivity contribution is -0.174. The van der Waals surface area contributed by atoms with Gasteiger partial charge in [0, 0.05) is 0 Å². The number of hydrogen-bond acceptors (Lipinski definition) is 1. The number of hydrogen-bond donors (Lipinski definition) is 1. The second-order valence-electron chi connectivity index (χ2n) is 4.62. The quantitative estimate of drug-likeness (QED) is 0.916. The van der Waals surface area contributed by atoms with Crippen LogP contribution in [0, 0.1) is 0 Å². The van der Waals surface area contributed by atoms with E-state index >= 15 is 0 Å². The van der Waals surface area contributed by atoms with E-state index in [1.165, 1.54) is 0 Å². The molecule has 2 aromatic carbocycles. The number of benzene rings is 2. The summed E-state index contributed by atoms with van der Waals surface area (Å²) in [4.78, 5) is 11.2. The zero-order valence-electron chi connectivity index (χ0n) is 11.1. The van der Waals surface area contributed by atoms with Gasteiger partial charge in [-0.05, 0) is 17.5 Å². The van der Waals surface area contributed by atoms with Gasteiger partial charge in [-0.15, -0.1) is 0 Å². The van der Waals surface area contributed by atoms with E-state index in [-0.39, 0.29) is 0 Å². The Morgan fingerprint density at radius 1 is 0.952 bits per heavy atom. The lowest BCUT2D eigenvalue weighted by Gasteiger charge is -2.20. The van der Waals surface area contributed by atoms with Crippen molar-refractivity contribution in [1.82, 2.24) is 5.32 Å². The van der Waals surface area contributed by atoms with Crippen LogP contribution in [0.2, 0.25) is 0 Å². The maximum atomic E-state index is 12.5. The van der Waals surface area contributed by atoms with Crippen LogP contribution in [0.5, 0.6) is 0 Å². The number of halogens is 3. The first kappa shape index (κ1) is 15.1. The molecule has 110 valence electrons. The molecular formula is C16H14F3NO. The van der Waals surface area contributed by atoms with E-state index in [4.69, 9.17) is 0 Å². The SMILES string of the molecule is O=C(NC(Cc1ccccc1)c1ccccc1)C(F)(F)F. The van der Waals surface area contributed by atoms with Crippen LogP contribution in [-0.4, -0.2) is 12.1 Å². The Morgan fingerprint density at radius 3 is 2.00 bits per heavy atom. The first-order chi connectivity index (χ1) is 9.97. The average Bonchev–Trinajstić information content (AvgIpc) is 2.47. The zero-order chi connectivity index (χ0) is 15.3. The fraction of sp³-hybridized carbons (Fsp3) is 0.188. The third-order valence-corrected chi connectivity index (χ3v) is 3.05. The summed E-state index contributed by atoms with van der Waals surface area (Å²) in [6, 6.07) is 17.0. The molecule has 1 atom stereocenters. The van der Waals surface area contributed by atoms with Crippen LogP contribution in [0.25, 0.3) is 0 Å². The van der Waals surface area contributed by atoms with Crippen molar-refractivity contribution in [2.75, 3.05) is 0 Å². The molecule has 1 amide bonds. The summed E-state index contributed by atoms with van der Waals surface area (Å²) in [5.74, 6) is -1.92. The maximum absolute atomic E-state index is 12.5. The predicted octanol–water partition coefficient (Wildman–Crippen LogP) is 3.65. The molecule has 0 aliphatic heterocycles. The number of rotatable bonds is 4. The fourth-order valence-electron chi connectivity index (χ4n) is 2.03. The van der Waals surface area contributed by atoms with E-state index in [0.717, 1.165) is 5.56 Å². The van der Waals surface area contributed by atoms with Gasteiger partial charge in [0.05, 0.1) is 6.04 Å². The fourth-order valence-corrected chi connectivity index (χ4v) is 2.03. The summed E-state index contributed by atoms with van der Waals surface area (Å²) in [6.45, 7) is 0. The van der Waals surface area contributed by atoms with Gasteiger partial charge >= 0.3 is 12.1 Å². The minimum Gasteiger partial charge on any atom is -0.341 e. The topological polar surface area (TPSA) is 29.1 Å². The Balaban J connectivity index is 2.21. The molecule has 0 fully saturated rings. The Bertz CT molecular complexity index is 581. The van der Waals surface area contributed by atoms with Gasteiger partial charge in [0.2, 0.25) is 0 Å². The average molecular weight is 293 g/mol. The van der Waals surface area contributed by atoms with E-state index < -0.39 is 18.1 Å². The van der Waals surface area contributed by atoms with Crippen LogP contribution < -0.4 is 5.32 Å². The molecule has 0 aromatic heterocycles. The van der Waals surface area contributed by atoms with E-state index in [1.54, 1.807) is 30.3 Å². The molecule has 0 spiro atoms. The summed E-state index contributed by atoms with van der Waals surface area (Å²) in [7, 11) is 0. The molecular weight excluding hydrogens is 279 g/mol. The maximum Gasteiger partial charge on any atom is 0.471 e. The lowest BCUT2D eigenvalue weighted by Crippen LogP contribution is -2.39. The number of nitrogens with one attached hydrogen (secondary N) is 1. The van der Waals surface area contributed by atoms with Crippen molar-refractivity contribution in [3.8, 4) is 0 Å². The molecule has 0 radical (unpaired) electrons. The molecule has 0 saturated heterocycles. The Hall–Kier alpha value is -2.30. The van der Waals surface area contributed by atoms with E-state index in [0.29, 0.717) is 12.0 Å². The van der Waals surface area contributed by atoms with Gasteiger partial charge in [0.15, 0.2) is 0 Å². The third-order valence-electron chi connectivity index (χ3n) is 3.05. The molecule has 1 unspecified atom stereocenters. The predicted molar refractivity (Wildman–Crippen MR) is 73.5 cm³/mol. The van der Waals surface area contributed by atoms with Crippen LogP contribution in [0.1, 0.15) is 17.2 Å². The zero-order valence-corrected chi connectivity index (χ0v) is 11.1. The highest BCUT2D eigenvalue weighted by atomic mass is 19.4. The molecule has 0 saturated carbocycles. The number of carbonyl (C=O) groups excluding carboxylic acids is 1. The van der Waals surface area contributed by atoms with Gasteiger partial charge in [-0.25, -0.2) is 0 Å². The van der Waals surface area contributed by atoms with Crippen molar-refractivity contribution in [1.29, 1.82) is 0 Å². The largest absolute Gasteiger partial charge is 0.471 e. The van der Waals surface area contributed by atoms with Crippen molar-refractivity contribution in [2.24, 2.45) is 0 Å². The molecule has 0 bridgehead atoms. The van der Waals surface area contributed by atoms with Gasteiger partial charge < -0.3 is 5.32 Å². The molecule has 5 heteroatoms. The summed E-state index contributed by atoms with van der Waals surface area (Å²) in [5.41, 5.74) is 1.49. The molecule has 2 rings (SSSR count). The minimum atomic E-state index is -4.89. The molecule has 0 aliphatic carbocycles. The van der Waals surface area contributed by atoms with Crippen LogP contribution in [0.3, 0.4) is 0 Å². The number of amides is 1. The summed E-state index contributed by atoms with van der Waals surface area (Å²) in [5, 5.41) is 2.06. The van der Waals surface area contributed by atoms with Gasteiger partial charge in [-0.2, -0.15) is 13.2 Å². The monoisotopic (exact) mass is 293 g/mol. The second kappa shape index (κ2) is 6.43. The molecule has 21 heavy (non-hydrogen) atoms. The normalized spacial score (nSPS) is 12.7. The van der Waals surface area contributed by atoms with Crippen molar-refractivity contribution in [2.45, 2.75) is 18.6 Å². The highest BCUT2D eigenvalue weighted by molar-refractivity contribution is 5.82. The molecule has 0 heterocycles. The summed E-state index contributed by atoms with van der Waals surface area (Å²) in [6.07, 6.45) is -4.59. The van der Waals surface area contributed by atoms with Crippen LogP contribution in [0.4, 0.5) is 13.2 Å². The Morgan fingerprint density at radius 2 is 1.48 bits per heavy atom. The van der Waals surface area contributed by atoms with Crippen LogP contribution in [0.15, 0.2) is 60.7 Å². The summed E-state index contributed by atoms with van der Waals surface area (Å²) < 4.78 is 37.4. The third kappa shape index (κ3) is 4.34. The molecule has 1 N–H and O–H groups in total. The van der Waals surface area contributed by atoms with Gasteiger partial charge in [0.1, 0.15) is 0 Å². The Labute approximate surface area is 120 Å². The number of carbonyl (C=O) groups is 1. The van der Waals surface area contributed by atoms with Gasteiger partial charge in [-0.3, -0.25) is 4.79 Å². The Kier molecular flexibility index (Phi) is 4.62. The lowest BCUT2D eigenvalue weighted by atomic mass is 9.99. The van der Waals surface area contributed by atoms with Crippen molar-refractivity contribution in [3.63, 3.8) is 0 Å². The van der Waals surface area contributed by atoms with E-state index in [9.17, 15) is 18.0 Å². The number of alkyl halides is 3. The highest BCUT2D eigenvalue weighted by Gasteiger charge is 2.39. The smallest absolute Gasteiger partial charge is 0.341 e. The minimum absolute atomic E-state index is 0.298. The van der Waals surface area contributed by atoms with Crippen LogP contribution in [-0.2, 0) is 11.2 Å². The van der Waals surface area contributed by atoms with Gasteiger partial charge in [0.25, 0.3) is 0 Å². The molecule has 2 aromatic rings. The van der Waals surface area contributed by atoms with Crippen molar-refractivity contribution in [3.05, 3.63) is 71.8 Å². The first-order valence-corrected chi connectivity index (χ1v) is 6.43. The van der Waals surface area contributed by atoms with E-state index in [2.05, 4.69) is 5.32 Å². The molecule has 0 aliphatic rings. The molecule has 2 nitrogen and oxygen atoms in total. The van der Waals surface area contributed by atoms with Crippen molar-refractivity contribution < 1.29 is 18.0 Å².